The Hall–Kier alpha value is -1.18. The molecule has 1 atom stereocenters. The summed E-state index contributed by atoms with van der Waals surface area (Å²) in [5, 5.41) is 18.5. The largest absolute Gasteiger partial charge is 0.504 e. The van der Waals surface area contributed by atoms with Crippen LogP contribution in [0.3, 0.4) is 0 Å². The van der Waals surface area contributed by atoms with Crippen molar-refractivity contribution < 1.29 is 10.2 Å². The molecule has 2 heteroatoms. The van der Waals surface area contributed by atoms with Gasteiger partial charge in [-0.3, -0.25) is 0 Å². The summed E-state index contributed by atoms with van der Waals surface area (Å²) in [5.74, 6) is 0.358. The molecule has 2 N–H and O–H groups in total. The zero-order chi connectivity index (χ0) is 10.0. The minimum absolute atomic E-state index is 0.0269. The first kappa shape index (κ1) is 9.90. The number of hydrogen-bond donors (Lipinski definition) is 2. The van der Waals surface area contributed by atoms with Gasteiger partial charge in [-0.2, -0.15) is 0 Å². The Balaban J connectivity index is 3.15. The maximum atomic E-state index is 9.32. The van der Waals surface area contributed by atoms with E-state index >= 15 is 0 Å². The van der Waals surface area contributed by atoms with Crippen LogP contribution in [0.4, 0.5) is 0 Å². The average molecular weight is 180 g/mol. The summed E-state index contributed by atoms with van der Waals surface area (Å²) in [7, 11) is 0. The molecular weight excluding hydrogens is 164 g/mol. The Bertz CT molecular complexity index is 305. The SMILES string of the molecule is CCC(C)c1cc(O)c(O)cc1C. The van der Waals surface area contributed by atoms with Gasteiger partial charge in [-0.25, -0.2) is 0 Å². The van der Waals surface area contributed by atoms with Crippen LogP contribution in [0.2, 0.25) is 0 Å². The normalized spacial score (nSPS) is 12.8. The van der Waals surface area contributed by atoms with Gasteiger partial charge < -0.3 is 10.2 Å². The molecule has 0 radical (unpaired) electrons. The highest BCUT2D eigenvalue weighted by Gasteiger charge is 2.09. The summed E-state index contributed by atoms with van der Waals surface area (Å²) >= 11 is 0. The van der Waals surface area contributed by atoms with E-state index in [0.717, 1.165) is 17.5 Å². The fourth-order valence-corrected chi connectivity index (χ4v) is 1.45. The highest BCUT2D eigenvalue weighted by Crippen LogP contribution is 2.32. The molecule has 0 aliphatic heterocycles. The molecule has 13 heavy (non-hydrogen) atoms. The Morgan fingerprint density at radius 3 is 2.31 bits per heavy atom. The summed E-state index contributed by atoms with van der Waals surface area (Å²) in [6.07, 6.45) is 1.03. The van der Waals surface area contributed by atoms with E-state index in [2.05, 4.69) is 13.8 Å². The Morgan fingerprint density at radius 2 is 1.77 bits per heavy atom. The van der Waals surface area contributed by atoms with Crippen molar-refractivity contribution in [3.05, 3.63) is 23.3 Å². The van der Waals surface area contributed by atoms with Crippen LogP contribution in [0.25, 0.3) is 0 Å². The number of aryl methyl sites for hydroxylation is 1. The maximum absolute atomic E-state index is 9.32. The Kier molecular flexibility index (Phi) is 2.81. The average Bonchev–Trinajstić information content (AvgIpc) is 2.10. The third-order valence-corrected chi connectivity index (χ3v) is 2.51. The second kappa shape index (κ2) is 3.69. The van der Waals surface area contributed by atoms with Crippen molar-refractivity contribution >= 4 is 0 Å². The first-order chi connectivity index (χ1) is 6.06. The highest BCUT2D eigenvalue weighted by atomic mass is 16.3. The molecule has 0 heterocycles. The van der Waals surface area contributed by atoms with Crippen molar-refractivity contribution in [1.29, 1.82) is 0 Å². The van der Waals surface area contributed by atoms with Crippen LogP contribution >= 0.6 is 0 Å². The second-order valence-corrected chi connectivity index (χ2v) is 3.51. The number of benzene rings is 1. The predicted molar refractivity (Wildman–Crippen MR) is 53.2 cm³/mol. The van der Waals surface area contributed by atoms with E-state index in [9.17, 15) is 10.2 Å². The van der Waals surface area contributed by atoms with Gasteiger partial charge in [0, 0.05) is 0 Å². The molecule has 0 saturated carbocycles. The second-order valence-electron chi connectivity index (χ2n) is 3.51. The molecule has 0 bridgehead atoms. The highest BCUT2D eigenvalue weighted by molar-refractivity contribution is 5.46. The molecule has 1 aromatic carbocycles. The minimum atomic E-state index is -0.0375. The van der Waals surface area contributed by atoms with Crippen molar-refractivity contribution in [3.63, 3.8) is 0 Å². The summed E-state index contributed by atoms with van der Waals surface area (Å²) in [4.78, 5) is 0. The van der Waals surface area contributed by atoms with Crippen LogP contribution in [0.5, 0.6) is 11.5 Å². The first-order valence-corrected chi connectivity index (χ1v) is 4.58. The minimum Gasteiger partial charge on any atom is -0.504 e. The topological polar surface area (TPSA) is 40.5 Å². The van der Waals surface area contributed by atoms with Gasteiger partial charge in [0.05, 0.1) is 0 Å². The molecule has 0 spiro atoms. The van der Waals surface area contributed by atoms with Crippen molar-refractivity contribution in [3.8, 4) is 11.5 Å². The number of aromatic hydroxyl groups is 2. The fourth-order valence-electron chi connectivity index (χ4n) is 1.45. The van der Waals surface area contributed by atoms with Crippen molar-refractivity contribution in [1.82, 2.24) is 0 Å². The van der Waals surface area contributed by atoms with Gasteiger partial charge in [-0.05, 0) is 42.5 Å². The lowest BCUT2D eigenvalue weighted by atomic mass is 9.94. The smallest absolute Gasteiger partial charge is 0.157 e. The lowest BCUT2D eigenvalue weighted by Crippen LogP contribution is -1.94. The Morgan fingerprint density at radius 1 is 1.23 bits per heavy atom. The van der Waals surface area contributed by atoms with Gasteiger partial charge in [0.1, 0.15) is 0 Å². The molecule has 0 aliphatic rings. The molecule has 0 amide bonds. The number of rotatable bonds is 2. The van der Waals surface area contributed by atoms with Gasteiger partial charge in [0.15, 0.2) is 11.5 Å². The number of phenolic OH excluding ortho intramolecular Hbond substituents is 2. The number of phenols is 2. The standard InChI is InChI=1S/C11H16O2/c1-4-7(2)9-6-11(13)10(12)5-8(9)3/h5-7,12-13H,4H2,1-3H3. The molecule has 0 aromatic heterocycles. The van der Waals surface area contributed by atoms with Crippen molar-refractivity contribution in [2.45, 2.75) is 33.1 Å². The molecular formula is C11H16O2. The van der Waals surface area contributed by atoms with Gasteiger partial charge in [-0.1, -0.05) is 13.8 Å². The monoisotopic (exact) mass is 180 g/mol. The number of hydrogen-bond acceptors (Lipinski definition) is 2. The fraction of sp³-hybridized carbons (Fsp3) is 0.455. The molecule has 1 unspecified atom stereocenters. The third-order valence-electron chi connectivity index (χ3n) is 2.51. The summed E-state index contributed by atoms with van der Waals surface area (Å²) < 4.78 is 0. The molecule has 72 valence electrons. The molecule has 0 saturated heterocycles. The molecule has 2 nitrogen and oxygen atoms in total. The van der Waals surface area contributed by atoms with Crippen molar-refractivity contribution in [2.24, 2.45) is 0 Å². The van der Waals surface area contributed by atoms with E-state index < -0.39 is 0 Å². The van der Waals surface area contributed by atoms with Crippen molar-refractivity contribution in [2.75, 3.05) is 0 Å². The summed E-state index contributed by atoms with van der Waals surface area (Å²) in [5.41, 5.74) is 2.14. The van der Waals surface area contributed by atoms with Gasteiger partial charge >= 0.3 is 0 Å². The van der Waals surface area contributed by atoms with E-state index in [-0.39, 0.29) is 11.5 Å². The summed E-state index contributed by atoms with van der Waals surface area (Å²) in [6, 6.07) is 3.26. The van der Waals surface area contributed by atoms with Crippen LogP contribution < -0.4 is 0 Å². The van der Waals surface area contributed by atoms with Crippen LogP contribution in [0.1, 0.15) is 37.3 Å². The first-order valence-electron chi connectivity index (χ1n) is 4.58. The molecule has 0 aliphatic carbocycles. The van der Waals surface area contributed by atoms with Gasteiger partial charge in [-0.15, -0.1) is 0 Å². The predicted octanol–water partition coefficient (Wildman–Crippen LogP) is 2.92. The third kappa shape index (κ3) is 1.94. The maximum Gasteiger partial charge on any atom is 0.157 e. The Labute approximate surface area is 78.8 Å². The molecule has 0 fully saturated rings. The van der Waals surface area contributed by atoms with Crippen LogP contribution in [0, 0.1) is 6.92 Å². The van der Waals surface area contributed by atoms with Crippen LogP contribution in [-0.2, 0) is 0 Å². The zero-order valence-corrected chi connectivity index (χ0v) is 8.33. The lowest BCUT2D eigenvalue weighted by molar-refractivity contribution is 0.402. The van der Waals surface area contributed by atoms with E-state index in [1.54, 1.807) is 12.1 Å². The molecule has 1 aromatic rings. The van der Waals surface area contributed by atoms with E-state index in [0.29, 0.717) is 5.92 Å². The van der Waals surface area contributed by atoms with Gasteiger partial charge in [0.2, 0.25) is 0 Å². The van der Waals surface area contributed by atoms with Crippen LogP contribution in [0.15, 0.2) is 12.1 Å². The lowest BCUT2D eigenvalue weighted by Gasteiger charge is -2.13. The van der Waals surface area contributed by atoms with E-state index in [4.69, 9.17) is 0 Å². The van der Waals surface area contributed by atoms with E-state index in [1.165, 1.54) is 0 Å². The quantitative estimate of drug-likeness (QED) is 0.687. The zero-order valence-electron chi connectivity index (χ0n) is 8.33. The van der Waals surface area contributed by atoms with E-state index in [1.807, 2.05) is 6.92 Å². The van der Waals surface area contributed by atoms with Gasteiger partial charge in [0.25, 0.3) is 0 Å². The van der Waals surface area contributed by atoms with Crippen LogP contribution in [-0.4, -0.2) is 10.2 Å². The molecule has 1 rings (SSSR count). The summed E-state index contributed by atoms with van der Waals surface area (Å²) in [6.45, 7) is 6.16.